The summed E-state index contributed by atoms with van der Waals surface area (Å²) in [5.41, 5.74) is -0.521. The molecule has 3 aromatic rings. The normalized spacial score (nSPS) is 17.0. The number of aryl methyl sites for hydroxylation is 1. The van der Waals surface area contributed by atoms with Crippen molar-refractivity contribution in [2.24, 2.45) is 0 Å². The first kappa shape index (κ1) is 19.7. The van der Waals surface area contributed by atoms with Crippen molar-refractivity contribution in [3.63, 3.8) is 0 Å². The molecule has 4 rings (SSSR count). The second-order valence-corrected chi connectivity index (χ2v) is 9.11. The summed E-state index contributed by atoms with van der Waals surface area (Å²) in [4.78, 5) is 21.8. The number of amides is 1. The first-order valence-electron chi connectivity index (χ1n) is 9.52. The predicted octanol–water partition coefficient (Wildman–Crippen LogP) is 3.04. The lowest BCUT2D eigenvalue weighted by molar-refractivity contribution is 0.0112. The third kappa shape index (κ3) is 3.95. The van der Waals surface area contributed by atoms with Gasteiger partial charge in [0.25, 0.3) is 0 Å². The number of furan rings is 1. The van der Waals surface area contributed by atoms with E-state index in [0.717, 1.165) is 16.4 Å². The molecule has 1 fully saturated rings. The van der Waals surface area contributed by atoms with E-state index in [1.165, 1.54) is 22.2 Å². The Hall–Kier alpha value is -2.59. The van der Waals surface area contributed by atoms with Crippen LogP contribution in [-0.4, -0.2) is 67.4 Å². The average molecular weight is 420 g/mol. The number of aromatic hydroxyl groups is 1. The van der Waals surface area contributed by atoms with Crippen molar-refractivity contribution in [3.8, 4) is 5.88 Å². The molecule has 4 heterocycles. The number of hydrogen-bond donors (Lipinski definition) is 1. The summed E-state index contributed by atoms with van der Waals surface area (Å²) < 4.78 is 12.8. The molecule has 29 heavy (non-hydrogen) atoms. The van der Waals surface area contributed by atoms with Crippen molar-refractivity contribution < 1.29 is 19.1 Å². The molecule has 1 aliphatic rings. The molecule has 1 aliphatic heterocycles. The molecule has 0 radical (unpaired) electrons. The maximum atomic E-state index is 12.4. The SMILES string of the molecule is Cc1ccc([C@H](c2sc3ncnn3c2O)N2CCN(C(=O)OC(C)(C)C)CC2)o1. The van der Waals surface area contributed by atoms with Gasteiger partial charge in [-0.1, -0.05) is 11.3 Å². The van der Waals surface area contributed by atoms with Crippen molar-refractivity contribution in [1.29, 1.82) is 0 Å². The van der Waals surface area contributed by atoms with Gasteiger partial charge in [-0.15, -0.1) is 0 Å². The molecule has 0 saturated carbocycles. The van der Waals surface area contributed by atoms with Gasteiger partial charge in [0.15, 0.2) is 0 Å². The number of carbonyl (C=O) groups is 1. The van der Waals surface area contributed by atoms with Gasteiger partial charge in [-0.3, -0.25) is 4.90 Å². The lowest BCUT2D eigenvalue weighted by Gasteiger charge is -2.38. The predicted molar refractivity (Wildman–Crippen MR) is 107 cm³/mol. The van der Waals surface area contributed by atoms with Crippen molar-refractivity contribution in [3.05, 3.63) is 34.9 Å². The van der Waals surface area contributed by atoms with Crippen LogP contribution in [0.1, 0.15) is 43.2 Å². The molecule has 0 bridgehead atoms. The Balaban J connectivity index is 1.58. The minimum Gasteiger partial charge on any atom is -0.492 e. The van der Waals surface area contributed by atoms with E-state index >= 15 is 0 Å². The number of rotatable bonds is 3. The topological polar surface area (TPSA) is 96.3 Å². The largest absolute Gasteiger partial charge is 0.492 e. The molecule has 10 heteroatoms. The van der Waals surface area contributed by atoms with Gasteiger partial charge in [-0.25, -0.2) is 9.78 Å². The number of aromatic nitrogens is 3. The van der Waals surface area contributed by atoms with Gasteiger partial charge >= 0.3 is 6.09 Å². The summed E-state index contributed by atoms with van der Waals surface area (Å²) in [6, 6.07) is 3.56. The average Bonchev–Trinajstić information content (AvgIpc) is 3.34. The number of fused-ring (bicyclic) bond motifs is 1. The van der Waals surface area contributed by atoms with Crippen LogP contribution in [0, 0.1) is 6.92 Å². The highest BCUT2D eigenvalue weighted by atomic mass is 32.1. The van der Waals surface area contributed by atoms with E-state index in [9.17, 15) is 9.90 Å². The molecule has 3 aromatic heterocycles. The highest BCUT2D eigenvalue weighted by molar-refractivity contribution is 7.17. The number of thiazole rings is 1. The van der Waals surface area contributed by atoms with E-state index in [1.54, 1.807) is 4.90 Å². The fourth-order valence-electron chi connectivity index (χ4n) is 3.44. The van der Waals surface area contributed by atoms with E-state index in [4.69, 9.17) is 9.15 Å². The maximum Gasteiger partial charge on any atom is 0.410 e. The smallest absolute Gasteiger partial charge is 0.410 e. The zero-order chi connectivity index (χ0) is 20.8. The van der Waals surface area contributed by atoms with Crippen LogP contribution >= 0.6 is 11.3 Å². The van der Waals surface area contributed by atoms with Crippen LogP contribution in [0.15, 0.2) is 22.9 Å². The third-order valence-corrected chi connectivity index (χ3v) is 5.84. The summed E-state index contributed by atoms with van der Waals surface area (Å²) >= 11 is 1.38. The summed E-state index contributed by atoms with van der Waals surface area (Å²) in [6.07, 6.45) is 1.12. The number of ether oxygens (including phenoxy) is 1. The molecule has 1 saturated heterocycles. The zero-order valence-electron chi connectivity index (χ0n) is 17.0. The maximum absolute atomic E-state index is 12.4. The number of nitrogens with zero attached hydrogens (tertiary/aromatic N) is 5. The summed E-state index contributed by atoms with van der Waals surface area (Å²) in [7, 11) is 0. The fourth-order valence-corrected chi connectivity index (χ4v) is 4.51. The first-order valence-corrected chi connectivity index (χ1v) is 10.3. The van der Waals surface area contributed by atoms with Gasteiger partial charge in [0, 0.05) is 26.2 Å². The molecule has 1 amide bonds. The monoisotopic (exact) mass is 419 g/mol. The van der Waals surface area contributed by atoms with E-state index in [1.807, 2.05) is 39.8 Å². The van der Waals surface area contributed by atoms with Crippen LogP contribution in [0.25, 0.3) is 4.96 Å². The molecule has 1 atom stereocenters. The Morgan fingerprint density at radius 2 is 2.00 bits per heavy atom. The van der Waals surface area contributed by atoms with Crippen LogP contribution < -0.4 is 0 Å². The van der Waals surface area contributed by atoms with Crippen molar-refractivity contribution in [1.82, 2.24) is 24.4 Å². The minimum atomic E-state index is -0.521. The second kappa shape index (κ2) is 7.34. The molecule has 0 aliphatic carbocycles. The van der Waals surface area contributed by atoms with E-state index in [2.05, 4.69) is 15.0 Å². The van der Waals surface area contributed by atoms with Crippen molar-refractivity contribution in [2.45, 2.75) is 39.3 Å². The zero-order valence-corrected chi connectivity index (χ0v) is 17.8. The molecule has 1 N–H and O–H groups in total. The van der Waals surface area contributed by atoms with E-state index in [0.29, 0.717) is 31.1 Å². The first-order chi connectivity index (χ1) is 13.7. The number of hydrogen-bond acceptors (Lipinski definition) is 8. The Morgan fingerprint density at radius 3 is 2.59 bits per heavy atom. The Morgan fingerprint density at radius 1 is 1.28 bits per heavy atom. The second-order valence-electron chi connectivity index (χ2n) is 8.10. The van der Waals surface area contributed by atoms with Gasteiger partial charge in [-0.2, -0.15) is 9.61 Å². The van der Waals surface area contributed by atoms with Gasteiger partial charge < -0.3 is 19.2 Å². The molecule has 0 unspecified atom stereocenters. The minimum absolute atomic E-state index is 0.0659. The quantitative estimate of drug-likeness (QED) is 0.697. The van der Waals surface area contributed by atoms with Crippen molar-refractivity contribution >= 4 is 22.4 Å². The molecule has 0 aromatic carbocycles. The summed E-state index contributed by atoms with van der Waals surface area (Å²) in [5.74, 6) is 1.61. The Kier molecular flexibility index (Phi) is 4.99. The van der Waals surface area contributed by atoms with Gasteiger partial charge in [-0.05, 0) is 39.8 Å². The standard InChI is InChI=1S/C19H25N5O4S/c1-12-5-6-13(27-12)14(15-16(25)24-17(29-15)20-11-21-24)22-7-9-23(10-8-22)18(26)28-19(2,3)4/h5-6,11,14,25H,7-10H2,1-4H3/t14-/m1/s1. The summed E-state index contributed by atoms with van der Waals surface area (Å²) in [6.45, 7) is 9.79. The number of carbonyl (C=O) groups excluding carboxylic acids is 1. The van der Waals surface area contributed by atoms with Gasteiger partial charge in [0.1, 0.15) is 29.5 Å². The molecule has 9 nitrogen and oxygen atoms in total. The van der Waals surface area contributed by atoms with Crippen LogP contribution in [0.5, 0.6) is 5.88 Å². The lowest BCUT2D eigenvalue weighted by atomic mass is 10.1. The lowest BCUT2D eigenvalue weighted by Crippen LogP contribution is -2.50. The van der Waals surface area contributed by atoms with Crippen LogP contribution in [0.3, 0.4) is 0 Å². The molecule has 0 spiro atoms. The molecular formula is C19H25N5O4S. The highest BCUT2D eigenvalue weighted by Crippen LogP contribution is 2.40. The van der Waals surface area contributed by atoms with Gasteiger partial charge in [0.2, 0.25) is 10.8 Å². The van der Waals surface area contributed by atoms with Crippen LogP contribution in [0.2, 0.25) is 0 Å². The summed E-state index contributed by atoms with van der Waals surface area (Å²) in [5, 5.41) is 14.8. The van der Waals surface area contributed by atoms with Gasteiger partial charge in [0.05, 0.1) is 4.88 Å². The number of piperazine rings is 1. The Bertz CT molecular complexity index is 1010. The van der Waals surface area contributed by atoms with Crippen molar-refractivity contribution in [2.75, 3.05) is 26.2 Å². The Labute approximate surface area is 172 Å². The molecule has 156 valence electrons. The van der Waals surface area contributed by atoms with Crippen LogP contribution in [0.4, 0.5) is 4.79 Å². The molecular weight excluding hydrogens is 394 g/mol. The van der Waals surface area contributed by atoms with E-state index < -0.39 is 5.60 Å². The highest BCUT2D eigenvalue weighted by Gasteiger charge is 2.35. The third-order valence-electron chi connectivity index (χ3n) is 4.75. The fraction of sp³-hybridized carbons (Fsp3) is 0.526. The van der Waals surface area contributed by atoms with E-state index in [-0.39, 0.29) is 18.0 Å². The van der Waals surface area contributed by atoms with Crippen LogP contribution in [-0.2, 0) is 4.74 Å².